The summed E-state index contributed by atoms with van der Waals surface area (Å²) in [6, 6.07) is 8.19. The third kappa shape index (κ3) is 3.64. The predicted molar refractivity (Wildman–Crippen MR) is 83.8 cm³/mol. The Morgan fingerprint density at radius 2 is 1.75 bits per heavy atom. The Kier molecular flexibility index (Phi) is 5.05. The van der Waals surface area contributed by atoms with Gasteiger partial charge >= 0.3 is 5.97 Å². The van der Waals surface area contributed by atoms with Gasteiger partial charge in [-0.1, -0.05) is 0 Å². The van der Waals surface area contributed by atoms with Gasteiger partial charge in [0, 0.05) is 12.1 Å². The van der Waals surface area contributed by atoms with Crippen molar-refractivity contribution in [2.75, 3.05) is 14.2 Å². The van der Waals surface area contributed by atoms with Crippen LogP contribution in [-0.4, -0.2) is 30.2 Å². The van der Waals surface area contributed by atoms with Crippen LogP contribution in [0, 0.1) is 10.1 Å². The van der Waals surface area contributed by atoms with Crippen LogP contribution in [0.3, 0.4) is 0 Å². The molecule has 0 saturated heterocycles. The second kappa shape index (κ2) is 7.18. The lowest BCUT2D eigenvalue weighted by atomic mass is 10.2. The summed E-state index contributed by atoms with van der Waals surface area (Å²) in [6.45, 7) is 0. The van der Waals surface area contributed by atoms with Crippen molar-refractivity contribution < 1.29 is 24.3 Å². The smallest absolute Gasteiger partial charge is 0.335 e. The van der Waals surface area contributed by atoms with Crippen molar-refractivity contribution in [1.82, 2.24) is 0 Å². The van der Waals surface area contributed by atoms with E-state index in [1.54, 1.807) is 18.2 Å². The summed E-state index contributed by atoms with van der Waals surface area (Å²) in [6.07, 6.45) is 0. The quantitative estimate of drug-likeness (QED) is 0.488. The fourth-order valence-corrected chi connectivity index (χ4v) is 1.86. The van der Waals surface area contributed by atoms with E-state index in [-0.39, 0.29) is 11.3 Å². The van der Waals surface area contributed by atoms with Gasteiger partial charge in [0.2, 0.25) is 0 Å². The topological polar surface area (TPSA) is 124 Å². The van der Waals surface area contributed by atoms with E-state index in [1.807, 2.05) is 0 Å². The maximum Gasteiger partial charge on any atom is 0.335 e. The van der Waals surface area contributed by atoms with E-state index < -0.39 is 16.6 Å². The van der Waals surface area contributed by atoms with Crippen LogP contribution in [0.2, 0.25) is 0 Å². The average Bonchev–Trinajstić information content (AvgIpc) is 2.59. The Balaban J connectivity index is 2.42. The average molecular weight is 331 g/mol. The molecule has 0 aromatic heterocycles. The highest BCUT2D eigenvalue weighted by Crippen LogP contribution is 2.35. The Morgan fingerprint density at radius 3 is 2.33 bits per heavy atom. The highest BCUT2D eigenvalue weighted by Gasteiger charge is 2.17. The summed E-state index contributed by atoms with van der Waals surface area (Å²) < 4.78 is 10.2. The number of azo groups is 1. The zero-order valence-electron chi connectivity index (χ0n) is 12.8. The lowest BCUT2D eigenvalue weighted by Crippen LogP contribution is -1.98. The molecule has 0 radical (unpaired) electrons. The Bertz CT molecular complexity index is 819. The van der Waals surface area contributed by atoms with E-state index in [9.17, 15) is 14.9 Å². The summed E-state index contributed by atoms with van der Waals surface area (Å²) in [4.78, 5) is 21.3. The van der Waals surface area contributed by atoms with Crippen LogP contribution >= 0.6 is 0 Å². The number of hydrogen-bond acceptors (Lipinski definition) is 7. The van der Waals surface area contributed by atoms with Gasteiger partial charge in [-0.15, -0.1) is 10.2 Å². The highest BCUT2D eigenvalue weighted by atomic mass is 16.6. The Labute approximate surface area is 136 Å². The van der Waals surface area contributed by atoms with Crippen molar-refractivity contribution in [2.45, 2.75) is 0 Å². The van der Waals surface area contributed by atoms with Crippen molar-refractivity contribution >= 4 is 23.0 Å². The van der Waals surface area contributed by atoms with Crippen molar-refractivity contribution in [3.05, 3.63) is 52.1 Å². The molecule has 0 unspecified atom stereocenters. The molecule has 2 aromatic rings. The number of rotatable bonds is 6. The van der Waals surface area contributed by atoms with Gasteiger partial charge in [-0.25, -0.2) is 4.79 Å². The number of carboxylic acid groups (broad SMARTS) is 1. The number of aromatic carboxylic acids is 1. The molecular formula is C15H13N3O6. The van der Waals surface area contributed by atoms with Crippen LogP contribution in [0.4, 0.5) is 17.1 Å². The molecule has 2 rings (SSSR count). The van der Waals surface area contributed by atoms with Gasteiger partial charge in [0.25, 0.3) is 5.69 Å². The summed E-state index contributed by atoms with van der Waals surface area (Å²) in [5.74, 6) is -0.330. The number of benzene rings is 2. The van der Waals surface area contributed by atoms with Gasteiger partial charge in [-0.3, -0.25) is 10.1 Å². The molecule has 0 atom stereocenters. The van der Waals surface area contributed by atoms with Crippen LogP contribution in [-0.2, 0) is 0 Å². The molecule has 2 aromatic carbocycles. The summed E-state index contributed by atoms with van der Waals surface area (Å²) in [7, 11) is 2.95. The fraction of sp³-hybridized carbons (Fsp3) is 0.133. The zero-order chi connectivity index (χ0) is 17.7. The standard InChI is InChI=1S/C15H13N3O6/c1-23-10-4-6-12(14(8-10)24-2)17-16-11-5-3-9(15(19)20)7-13(11)18(21)22/h3-8H,1-2H3,(H,19,20)/b17-16+. The first-order valence-electron chi connectivity index (χ1n) is 6.61. The second-order valence-electron chi connectivity index (χ2n) is 4.50. The highest BCUT2D eigenvalue weighted by molar-refractivity contribution is 5.89. The summed E-state index contributed by atoms with van der Waals surface area (Å²) >= 11 is 0. The van der Waals surface area contributed by atoms with E-state index in [0.29, 0.717) is 17.2 Å². The molecule has 24 heavy (non-hydrogen) atoms. The van der Waals surface area contributed by atoms with Crippen molar-refractivity contribution in [3.63, 3.8) is 0 Å². The molecule has 0 bridgehead atoms. The van der Waals surface area contributed by atoms with Crippen LogP contribution in [0.25, 0.3) is 0 Å². The Hall–Kier alpha value is -3.49. The van der Waals surface area contributed by atoms with Gasteiger partial charge in [-0.2, -0.15) is 0 Å². The van der Waals surface area contributed by atoms with Crippen molar-refractivity contribution in [3.8, 4) is 11.5 Å². The monoisotopic (exact) mass is 331 g/mol. The first kappa shape index (κ1) is 16.9. The Morgan fingerprint density at radius 1 is 1.08 bits per heavy atom. The summed E-state index contributed by atoms with van der Waals surface area (Å²) in [5, 5.41) is 27.8. The molecule has 0 fully saturated rings. The first-order valence-corrected chi connectivity index (χ1v) is 6.61. The molecule has 0 spiro atoms. The van der Waals surface area contributed by atoms with Crippen LogP contribution in [0.15, 0.2) is 46.6 Å². The van der Waals surface area contributed by atoms with Gasteiger partial charge in [-0.05, 0) is 24.3 Å². The number of nitro benzene ring substituents is 1. The summed E-state index contributed by atoms with van der Waals surface area (Å²) in [5.41, 5.74) is -0.383. The van der Waals surface area contributed by atoms with E-state index in [0.717, 1.165) is 6.07 Å². The van der Waals surface area contributed by atoms with Crippen molar-refractivity contribution in [2.24, 2.45) is 10.2 Å². The minimum absolute atomic E-state index is 0.0668. The number of ether oxygens (including phenoxy) is 2. The minimum Gasteiger partial charge on any atom is -0.497 e. The van der Waals surface area contributed by atoms with Gasteiger partial charge in [0.1, 0.15) is 17.2 Å². The number of carbonyl (C=O) groups is 1. The van der Waals surface area contributed by atoms with Gasteiger partial charge in [0.15, 0.2) is 5.69 Å². The lowest BCUT2D eigenvalue weighted by molar-refractivity contribution is -0.384. The molecule has 9 nitrogen and oxygen atoms in total. The third-order valence-electron chi connectivity index (χ3n) is 3.07. The van der Waals surface area contributed by atoms with Crippen LogP contribution < -0.4 is 9.47 Å². The van der Waals surface area contributed by atoms with Gasteiger partial charge in [0.05, 0.1) is 24.7 Å². The molecule has 0 aliphatic carbocycles. The number of nitro groups is 1. The minimum atomic E-state index is -1.27. The van der Waals surface area contributed by atoms with E-state index >= 15 is 0 Å². The van der Waals surface area contributed by atoms with Gasteiger partial charge < -0.3 is 14.6 Å². The normalized spacial score (nSPS) is 10.6. The number of nitrogens with zero attached hydrogens (tertiary/aromatic N) is 3. The number of methoxy groups -OCH3 is 2. The largest absolute Gasteiger partial charge is 0.497 e. The molecule has 9 heteroatoms. The molecule has 124 valence electrons. The second-order valence-corrected chi connectivity index (χ2v) is 4.50. The van der Waals surface area contributed by atoms with E-state index in [4.69, 9.17) is 14.6 Å². The first-order chi connectivity index (χ1) is 11.5. The molecule has 0 amide bonds. The number of carboxylic acids is 1. The predicted octanol–water partition coefficient (Wildman–Crippen LogP) is 3.73. The fourth-order valence-electron chi connectivity index (χ4n) is 1.86. The molecule has 0 aliphatic heterocycles. The maximum absolute atomic E-state index is 11.1. The molecule has 0 saturated carbocycles. The molecular weight excluding hydrogens is 318 g/mol. The van der Waals surface area contributed by atoms with E-state index in [1.165, 1.54) is 26.4 Å². The SMILES string of the molecule is COc1ccc(/N=N/c2ccc(C(=O)O)cc2[N+](=O)[O-])c(OC)c1. The molecule has 1 N–H and O–H groups in total. The van der Waals surface area contributed by atoms with E-state index in [2.05, 4.69) is 10.2 Å². The number of hydrogen-bond donors (Lipinski definition) is 1. The zero-order valence-corrected chi connectivity index (χ0v) is 12.8. The maximum atomic E-state index is 11.1. The molecule has 0 heterocycles. The lowest BCUT2D eigenvalue weighted by Gasteiger charge is -2.06. The van der Waals surface area contributed by atoms with Crippen molar-refractivity contribution in [1.29, 1.82) is 0 Å². The van der Waals surface area contributed by atoms with Crippen LogP contribution in [0.1, 0.15) is 10.4 Å². The van der Waals surface area contributed by atoms with Crippen LogP contribution in [0.5, 0.6) is 11.5 Å². The molecule has 0 aliphatic rings. The third-order valence-corrected chi connectivity index (χ3v) is 3.07.